The zero-order valence-electron chi connectivity index (χ0n) is 65.4. The lowest BCUT2D eigenvalue weighted by molar-refractivity contribution is -0.130. The van der Waals surface area contributed by atoms with Crippen molar-refractivity contribution in [3.8, 4) is 11.8 Å². The Morgan fingerprint density at radius 2 is 1.03 bits per heavy atom. The molecule has 6 amide bonds. The van der Waals surface area contributed by atoms with Crippen LogP contribution in [0.25, 0.3) is 5.57 Å². The van der Waals surface area contributed by atoms with Gasteiger partial charge in [0.15, 0.2) is 21.8 Å². The minimum absolute atomic E-state index is 0.0121. The van der Waals surface area contributed by atoms with E-state index in [-0.39, 0.29) is 137 Å². The van der Waals surface area contributed by atoms with Crippen molar-refractivity contribution in [2.75, 3.05) is 77.0 Å². The molecule has 0 unspecified atom stereocenters. The highest BCUT2D eigenvalue weighted by molar-refractivity contribution is 9.10. The maximum absolute atomic E-state index is 12.5. The Morgan fingerprint density at radius 1 is 0.576 bits per heavy atom. The van der Waals surface area contributed by atoms with Crippen molar-refractivity contribution in [3.63, 3.8) is 0 Å². The lowest BCUT2D eigenvalue weighted by Crippen LogP contribution is -2.41. The number of carbonyl (C=O) groups is 8. The number of piperidine rings is 3. The highest BCUT2D eigenvalue weighted by Gasteiger charge is 2.52. The number of aromatic amines is 6. The molecule has 12 heterocycles. The van der Waals surface area contributed by atoms with Crippen molar-refractivity contribution in [1.29, 1.82) is 5.26 Å². The third-order valence-corrected chi connectivity index (χ3v) is 21.7. The van der Waals surface area contributed by atoms with Gasteiger partial charge in [0.1, 0.15) is 12.6 Å². The van der Waals surface area contributed by atoms with Crippen molar-refractivity contribution in [3.05, 3.63) is 169 Å². The Morgan fingerprint density at radius 3 is 1.49 bits per heavy atom. The van der Waals surface area contributed by atoms with Crippen molar-refractivity contribution < 1.29 is 57.0 Å². The number of H-pyrrole nitrogens is 6. The summed E-state index contributed by atoms with van der Waals surface area (Å²) in [4.78, 5) is 172. The summed E-state index contributed by atoms with van der Waals surface area (Å²) in [6, 6.07) is 9.97. The average molecular weight is 1860 g/mol. The number of rotatable bonds is 7. The van der Waals surface area contributed by atoms with Gasteiger partial charge >= 0.3 is 12.3 Å². The van der Waals surface area contributed by atoms with E-state index in [0.29, 0.717) is 98.0 Å². The Bertz CT molecular complexity index is 5220. The topological polar surface area (TPSA) is 472 Å². The molecule has 634 valence electrons. The Balaban J connectivity index is 0.000000202. The van der Waals surface area contributed by atoms with Gasteiger partial charge in [0, 0.05) is 141 Å². The van der Waals surface area contributed by atoms with Crippen LogP contribution in [0.2, 0.25) is 20.4 Å². The number of aliphatic imine (C=N–C) groups is 1. The van der Waals surface area contributed by atoms with Crippen LogP contribution < -0.4 is 43.1 Å². The van der Waals surface area contributed by atoms with E-state index in [1.165, 1.54) is 44.2 Å². The normalized spacial score (nSPS) is 18.1. The summed E-state index contributed by atoms with van der Waals surface area (Å²) in [7, 11) is -0.260. The molecule has 0 spiro atoms. The summed E-state index contributed by atoms with van der Waals surface area (Å²) < 4.78 is 27.6. The molecular formula is C73H85BBrCl7N17O18P. The molecule has 45 heteroatoms. The number of amides is 6. The van der Waals surface area contributed by atoms with Gasteiger partial charge in [-0.3, -0.25) is 102 Å². The van der Waals surface area contributed by atoms with E-state index in [2.05, 4.69) is 134 Å². The molecule has 0 bridgehead atoms. The van der Waals surface area contributed by atoms with Gasteiger partial charge in [-0.1, -0.05) is 58.6 Å². The van der Waals surface area contributed by atoms with Crippen LogP contribution in [0.5, 0.6) is 5.75 Å². The number of nitrogens with zero attached hydrogens (tertiary/aromatic N) is 11. The van der Waals surface area contributed by atoms with Gasteiger partial charge in [0.25, 0.3) is 39.3 Å². The first kappa shape index (κ1) is 96.2. The fraction of sp³-hybridized carbons (Fsp3) is 0.466. The second kappa shape index (κ2) is 43.3. The number of nitriles is 1. The van der Waals surface area contributed by atoms with Gasteiger partial charge in [-0.15, -0.1) is 10.2 Å². The number of ketones is 2. The number of halogens is 8. The largest absolute Gasteiger partial charge is 0.490 e. The van der Waals surface area contributed by atoms with E-state index < -0.39 is 29.0 Å². The highest BCUT2D eigenvalue weighted by Crippen LogP contribution is 2.61. The number of benzene rings is 1. The number of hydrazone groups is 1. The summed E-state index contributed by atoms with van der Waals surface area (Å²) in [6.45, 7) is 22.4. The van der Waals surface area contributed by atoms with Crippen molar-refractivity contribution in [2.24, 2.45) is 16.0 Å². The zero-order chi connectivity index (χ0) is 87.4. The maximum atomic E-state index is 12.5. The molecule has 35 nitrogen and oxygen atoms in total. The number of likely N-dealkylation sites (tertiary alicyclic amines) is 3. The molecule has 118 heavy (non-hydrogen) atoms. The first-order chi connectivity index (χ1) is 55.3. The molecule has 4 fully saturated rings. The molecule has 13 rings (SSSR count). The van der Waals surface area contributed by atoms with Gasteiger partial charge < -0.3 is 38.5 Å². The van der Waals surface area contributed by atoms with Crippen molar-refractivity contribution in [2.45, 2.75) is 143 Å². The van der Waals surface area contributed by atoms with Gasteiger partial charge in [-0.2, -0.15) is 15.4 Å². The van der Waals surface area contributed by atoms with Crippen molar-refractivity contribution in [1.82, 2.24) is 65.3 Å². The fourth-order valence-electron chi connectivity index (χ4n) is 12.9. The number of aromatic nitrogens is 8. The minimum Gasteiger partial charge on any atom is -0.436 e. The molecule has 0 aliphatic carbocycles. The lowest BCUT2D eigenvalue weighted by Gasteiger charge is -2.32. The molecule has 0 radical (unpaired) electrons. The second-order valence-corrected chi connectivity index (χ2v) is 37.6. The molecule has 0 saturated carbocycles. The molecule has 4 saturated heterocycles. The van der Waals surface area contributed by atoms with Crippen LogP contribution in [0.1, 0.15) is 149 Å². The molecule has 8 aliphatic rings. The van der Waals surface area contributed by atoms with Gasteiger partial charge in [0.05, 0.1) is 37.8 Å². The third kappa shape index (κ3) is 28.1. The Hall–Kier alpha value is -8.93. The third-order valence-electron chi connectivity index (χ3n) is 20.1. The van der Waals surface area contributed by atoms with E-state index in [1.54, 1.807) is 53.7 Å². The number of carbonyl (C=O) groups excluding carboxylic acids is 8. The molecule has 1 aromatic carbocycles. The summed E-state index contributed by atoms with van der Waals surface area (Å²) in [6.07, 6.45) is 10.9. The number of hydrogen-bond donors (Lipinski definition) is 6. The smallest absolute Gasteiger partial charge is 0.436 e. The van der Waals surface area contributed by atoms with Crippen LogP contribution in [-0.2, 0) is 52.2 Å². The number of ether oxygens (including phenoxy) is 1. The Kier molecular flexibility index (Phi) is 35.3. The van der Waals surface area contributed by atoms with Crippen LogP contribution >= 0.6 is 101 Å². The van der Waals surface area contributed by atoms with Crippen LogP contribution in [0.15, 0.2) is 109 Å². The second-order valence-electron chi connectivity index (χ2n) is 28.5. The fourth-order valence-corrected chi connectivity index (χ4v) is 14.2. The molecule has 5 aromatic rings. The highest BCUT2D eigenvalue weighted by atomic mass is 79.9. The van der Waals surface area contributed by atoms with Crippen LogP contribution in [-0.4, -0.2) is 214 Å². The quantitative estimate of drug-likeness (QED) is 0.0502. The molecule has 0 atom stereocenters. The first-order valence-electron chi connectivity index (χ1n) is 36.6. The lowest BCUT2D eigenvalue weighted by atomic mass is 9.75. The minimum atomic E-state index is -3.22. The summed E-state index contributed by atoms with van der Waals surface area (Å²) in [5.74, 6) is -0.467. The Labute approximate surface area is 718 Å². The van der Waals surface area contributed by atoms with Gasteiger partial charge in [-0.05, 0) is 181 Å². The van der Waals surface area contributed by atoms with Crippen LogP contribution in [0, 0.1) is 17.2 Å². The monoisotopic (exact) mass is 1850 g/mol. The van der Waals surface area contributed by atoms with Gasteiger partial charge in [-0.25, -0.2) is 4.99 Å². The summed E-state index contributed by atoms with van der Waals surface area (Å²) in [5, 5.41) is 32.2. The summed E-state index contributed by atoms with van der Waals surface area (Å²) >= 11 is 41.3. The van der Waals surface area contributed by atoms with E-state index in [1.807, 2.05) is 15.9 Å². The first-order valence-corrected chi connectivity index (χ1v) is 43.4. The predicted molar refractivity (Wildman–Crippen MR) is 450 cm³/mol. The number of nitrogens with one attached hydrogen (secondary N) is 6. The van der Waals surface area contributed by atoms with E-state index in [0.717, 1.165) is 73.4 Å². The zero-order valence-corrected chi connectivity index (χ0v) is 73.2. The van der Waals surface area contributed by atoms with Gasteiger partial charge in [0.2, 0.25) is 46.9 Å². The van der Waals surface area contributed by atoms with Crippen LogP contribution in [0.4, 0.5) is 5.69 Å². The van der Waals surface area contributed by atoms with E-state index >= 15 is 0 Å². The average Bonchev–Trinajstić information content (AvgIpc) is 1.63. The molecule has 8 aliphatic heterocycles. The van der Waals surface area contributed by atoms with E-state index in [9.17, 15) is 71.7 Å². The molecule has 6 N–H and O–H groups in total. The number of anilines is 1. The molecular weight excluding hydrogens is 1770 g/mol. The number of hydrogen-bond acceptors (Lipinski definition) is 23. The number of dihydropyridines is 1. The number of Topliss-reactive ketones (excluding diaryl/α,β-unsaturated/α-hetero) is 2. The van der Waals surface area contributed by atoms with E-state index in [4.69, 9.17) is 65.7 Å². The van der Waals surface area contributed by atoms with Crippen LogP contribution in [0.3, 0.4) is 0 Å². The molecule has 4 aromatic heterocycles. The summed E-state index contributed by atoms with van der Waals surface area (Å²) in [5.41, 5.74) is 1.72. The van der Waals surface area contributed by atoms with Crippen molar-refractivity contribution >= 4 is 178 Å². The predicted octanol–water partition coefficient (Wildman–Crippen LogP) is 9.15. The SMILES string of the molecule is CC(=O)N1CC=C(B2OC(C)(C)C(C)(C)O2)CC1.CC(=O)N1CC=C(c2cc(=O)[nH][nH]c2=O)CC1.CC(=O)N1CCC(C2=CC(Oc3c(Cl)cc(N4N=C(C#N)C(=O)CC4=O)cc3Cl)=NCC2=O)CC1.CC(=O)N1CCC(c2cc(=O)[nH][nH]c2=O)CC1.CC(=O)N1CCC(c2cc(Cl)nnc2Cl)CC1.O=P(Cl)(Cl)Cl.O=c1cc(Br)c(=O)[nH][nH]1. The standard InChI is InChI=1S/C23H19Cl2N5O5.C13H22BNO3.C11H13Cl2N3O.C11H15N3O3.C11H13N3O3.C4H3BrN2O2.Cl3OP/c1-12(31)29-4-2-13(3-5-29)15-8-21(27-11-20(15)33)35-23-16(24)6-14(7-17(23)25)30-22(34)9-19(32)18(10-26)28-30;1-10(16)15-8-6-11(7-9-15)14-17-12(2,3)13(4,5)18-14;1-7(17)16-4-2-8(3-5-16)9-6-10(12)14-15-11(9)13;2*1-7(15)14-4-2-8(3-5-14)9-6-10(16)12-13-11(9)17;5-2-1-3(8)6-7-4(2)9;1-5(2,3)4/h6-8,13H,2-5,9,11H2,1H3;6H,7-9H2,1-5H3;6,8H,2-5H2,1H3;6,8H,2-5H2,1H3,(H,12,16)(H,13,17);2,6H,3-5H2,1H3,(H,12,16)(H,13,17);1H,(H,6,8)(H,7,9);. The maximum Gasteiger partial charge on any atom is 0.490 e.